The molecule has 0 amide bonds. The lowest BCUT2D eigenvalue weighted by molar-refractivity contribution is 0.0966. The zero-order valence-corrected chi connectivity index (χ0v) is 12.2. The molecule has 0 atom stereocenters. The number of sulfone groups is 1. The van der Waals surface area contributed by atoms with Gasteiger partial charge >= 0.3 is 0 Å². The minimum absolute atomic E-state index is 0.0602. The quantitative estimate of drug-likeness (QED) is 0.788. The maximum Gasteiger partial charge on any atom is 0.175 e. The summed E-state index contributed by atoms with van der Waals surface area (Å²) in [7, 11) is -3.19. The molecule has 1 aromatic rings. The van der Waals surface area contributed by atoms with E-state index >= 15 is 0 Å². The van der Waals surface area contributed by atoms with Crippen molar-refractivity contribution in [3.05, 3.63) is 29.8 Å². The minimum atomic E-state index is -3.19. The van der Waals surface area contributed by atoms with Crippen LogP contribution in [0, 0.1) is 5.41 Å². The lowest BCUT2D eigenvalue weighted by atomic mass is 9.88. The van der Waals surface area contributed by atoms with E-state index in [0.29, 0.717) is 12.0 Å². The molecule has 0 heterocycles. The Morgan fingerprint density at radius 2 is 1.61 bits per heavy atom. The third-order valence-electron chi connectivity index (χ3n) is 2.71. The first-order chi connectivity index (χ1) is 8.09. The third-order valence-corrected chi connectivity index (χ3v) is 3.83. The van der Waals surface area contributed by atoms with Crippen molar-refractivity contribution >= 4 is 15.6 Å². The van der Waals surface area contributed by atoms with Crippen LogP contribution in [0.15, 0.2) is 29.2 Å². The zero-order valence-electron chi connectivity index (χ0n) is 11.4. The molecule has 0 aliphatic carbocycles. The largest absolute Gasteiger partial charge is 0.294 e. The molecular weight excluding hydrogens is 248 g/mol. The topological polar surface area (TPSA) is 51.2 Å². The number of carbonyl (C=O) groups excluding carboxylic acids is 1. The van der Waals surface area contributed by atoms with Gasteiger partial charge in [0.15, 0.2) is 15.6 Å². The van der Waals surface area contributed by atoms with E-state index < -0.39 is 9.84 Å². The van der Waals surface area contributed by atoms with Gasteiger partial charge in [-0.1, -0.05) is 32.9 Å². The molecule has 0 fully saturated rings. The fraction of sp³-hybridized carbons (Fsp3) is 0.500. The van der Waals surface area contributed by atoms with Crippen LogP contribution in [0.5, 0.6) is 0 Å². The Bertz CT molecular complexity index is 519. The van der Waals surface area contributed by atoms with E-state index in [-0.39, 0.29) is 16.1 Å². The molecule has 0 saturated heterocycles. The molecule has 0 radical (unpaired) electrons. The average Bonchev–Trinajstić information content (AvgIpc) is 2.24. The number of carbonyl (C=O) groups is 1. The summed E-state index contributed by atoms with van der Waals surface area (Å²) in [5, 5.41) is 0. The van der Waals surface area contributed by atoms with Gasteiger partial charge in [-0.25, -0.2) is 8.42 Å². The third kappa shape index (κ3) is 4.61. The molecule has 0 saturated carbocycles. The fourth-order valence-electron chi connectivity index (χ4n) is 1.52. The van der Waals surface area contributed by atoms with Crippen molar-refractivity contribution in [2.24, 2.45) is 5.41 Å². The van der Waals surface area contributed by atoms with Crippen molar-refractivity contribution in [3.8, 4) is 0 Å². The molecule has 0 spiro atoms. The summed E-state index contributed by atoms with van der Waals surface area (Å²) >= 11 is 0. The van der Waals surface area contributed by atoms with Crippen LogP contribution in [0.1, 0.15) is 44.0 Å². The van der Waals surface area contributed by atoms with Crippen molar-refractivity contribution in [1.82, 2.24) is 0 Å². The van der Waals surface area contributed by atoms with E-state index in [4.69, 9.17) is 0 Å². The Kier molecular flexibility index (Phi) is 4.32. The maximum absolute atomic E-state index is 11.9. The molecule has 1 rings (SSSR count). The molecular formula is C14H20O3S. The molecule has 3 nitrogen and oxygen atoms in total. The second kappa shape index (κ2) is 5.22. The van der Waals surface area contributed by atoms with Crippen molar-refractivity contribution in [2.75, 3.05) is 6.26 Å². The van der Waals surface area contributed by atoms with Crippen molar-refractivity contribution in [2.45, 2.75) is 38.5 Å². The van der Waals surface area contributed by atoms with Gasteiger partial charge in [0.25, 0.3) is 0 Å². The Labute approximate surface area is 109 Å². The van der Waals surface area contributed by atoms with Crippen LogP contribution >= 0.6 is 0 Å². The number of ketones is 1. The van der Waals surface area contributed by atoms with Crippen LogP contribution in [0.25, 0.3) is 0 Å². The van der Waals surface area contributed by atoms with E-state index in [1.165, 1.54) is 12.1 Å². The van der Waals surface area contributed by atoms with E-state index in [9.17, 15) is 13.2 Å². The highest BCUT2D eigenvalue weighted by atomic mass is 32.2. The predicted octanol–water partition coefficient (Wildman–Crippen LogP) is 3.10. The van der Waals surface area contributed by atoms with Gasteiger partial charge in [-0.2, -0.15) is 0 Å². The van der Waals surface area contributed by atoms with Gasteiger partial charge < -0.3 is 0 Å². The second-order valence-corrected chi connectivity index (χ2v) is 7.80. The Balaban J connectivity index is 2.77. The highest BCUT2D eigenvalue weighted by molar-refractivity contribution is 7.90. The number of Topliss-reactive ketones (excluding diaryl/α,β-unsaturated/α-hetero) is 1. The summed E-state index contributed by atoms with van der Waals surface area (Å²) in [5.41, 5.74) is 0.703. The molecule has 100 valence electrons. The summed E-state index contributed by atoms with van der Waals surface area (Å²) in [6, 6.07) is 6.14. The standard InChI is InChI=1S/C14H20O3S/c1-14(2,3)10-9-13(15)11-5-7-12(8-6-11)18(4,16)17/h5-8H,9-10H2,1-4H3. The monoisotopic (exact) mass is 268 g/mol. The van der Waals surface area contributed by atoms with Crippen molar-refractivity contribution < 1.29 is 13.2 Å². The lowest BCUT2D eigenvalue weighted by Gasteiger charge is -2.17. The van der Waals surface area contributed by atoms with E-state index in [1.54, 1.807) is 12.1 Å². The fourth-order valence-corrected chi connectivity index (χ4v) is 2.15. The SMILES string of the molecule is CC(C)(C)CCC(=O)c1ccc(S(C)(=O)=O)cc1. The summed E-state index contributed by atoms with van der Waals surface area (Å²) < 4.78 is 22.6. The molecule has 0 aliphatic heterocycles. The van der Waals surface area contributed by atoms with Gasteiger partial charge in [0, 0.05) is 18.2 Å². The van der Waals surface area contributed by atoms with Crippen LogP contribution in [-0.2, 0) is 9.84 Å². The first-order valence-corrected chi connectivity index (χ1v) is 7.82. The molecule has 18 heavy (non-hydrogen) atoms. The molecule has 0 N–H and O–H groups in total. The molecule has 0 aromatic heterocycles. The van der Waals surface area contributed by atoms with Gasteiger partial charge in [-0.15, -0.1) is 0 Å². The van der Waals surface area contributed by atoms with Gasteiger partial charge in [-0.05, 0) is 24.0 Å². The zero-order chi connectivity index (χ0) is 14.0. The normalized spacial score (nSPS) is 12.4. The predicted molar refractivity (Wildman–Crippen MR) is 72.6 cm³/mol. The van der Waals surface area contributed by atoms with Crippen molar-refractivity contribution in [1.29, 1.82) is 0 Å². The van der Waals surface area contributed by atoms with Gasteiger partial charge in [0.1, 0.15) is 0 Å². The molecule has 0 unspecified atom stereocenters. The highest BCUT2D eigenvalue weighted by Crippen LogP contribution is 2.22. The number of hydrogen-bond acceptors (Lipinski definition) is 3. The number of benzene rings is 1. The first kappa shape index (κ1) is 14.9. The summed E-state index contributed by atoms with van der Waals surface area (Å²) in [6.45, 7) is 6.27. The number of rotatable bonds is 4. The maximum atomic E-state index is 11.9. The lowest BCUT2D eigenvalue weighted by Crippen LogP contribution is -2.09. The van der Waals surface area contributed by atoms with E-state index in [1.807, 2.05) is 0 Å². The Hall–Kier alpha value is -1.16. The summed E-state index contributed by atoms with van der Waals surface area (Å²) in [5.74, 6) is 0.0602. The average molecular weight is 268 g/mol. The first-order valence-electron chi connectivity index (χ1n) is 5.93. The minimum Gasteiger partial charge on any atom is -0.294 e. The highest BCUT2D eigenvalue weighted by Gasteiger charge is 2.14. The van der Waals surface area contributed by atoms with Gasteiger partial charge in [-0.3, -0.25) is 4.79 Å². The van der Waals surface area contributed by atoms with E-state index in [2.05, 4.69) is 20.8 Å². The summed E-state index contributed by atoms with van der Waals surface area (Å²) in [4.78, 5) is 12.1. The van der Waals surface area contributed by atoms with Crippen LogP contribution in [-0.4, -0.2) is 20.5 Å². The second-order valence-electron chi connectivity index (χ2n) is 5.78. The Morgan fingerprint density at radius 1 is 1.11 bits per heavy atom. The molecule has 0 aliphatic rings. The smallest absolute Gasteiger partial charge is 0.175 e. The van der Waals surface area contributed by atoms with Gasteiger partial charge in [0.2, 0.25) is 0 Å². The van der Waals surface area contributed by atoms with Crippen molar-refractivity contribution in [3.63, 3.8) is 0 Å². The molecule has 1 aromatic carbocycles. The Morgan fingerprint density at radius 3 is 2.00 bits per heavy atom. The van der Waals surface area contributed by atoms with Crippen LogP contribution in [0.3, 0.4) is 0 Å². The number of hydrogen-bond donors (Lipinski definition) is 0. The molecule has 4 heteroatoms. The van der Waals surface area contributed by atoms with Crippen LogP contribution in [0.4, 0.5) is 0 Å². The molecule has 0 bridgehead atoms. The van der Waals surface area contributed by atoms with Gasteiger partial charge in [0.05, 0.1) is 4.90 Å². The summed E-state index contributed by atoms with van der Waals surface area (Å²) in [6.07, 6.45) is 2.46. The van der Waals surface area contributed by atoms with Crippen LogP contribution < -0.4 is 0 Å². The van der Waals surface area contributed by atoms with E-state index in [0.717, 1.165) is 12.7 Å². The van der Waals surface area contributed by atoms with Crippen LogP contribution in [0.2, 0.25) is 0 Å².